The zero-order valence-corrected chi connectivity index (χ0v) is 16.2. The van der Waals surface area contributed by atoms with E-state index in [1.54, 1.807) is 36.0 Å². The Labute approximate surface area is 154 Å². The predicted molar refractivity (Wildman–Crippen MR) is 101 cm³/mol. The Hall–Kier alpha value is -1.38. The standard InChI is InChI=1S/C16H19N3O2S3/c1-4-22-15-18-19-16(24-15)23-9-13(20)11-5-7-12(8-6-11)17-14(21)10(2)3/h5-8,10H,4,9H2,1-3H3,(H,17,21). The van der Waals surface area contributed by atoms with E-state index in [9.17, 15) is 9.59 Å². The summed E-state index contributed by atoms with van der Waals surface area (Å²) in [5.74, 6) is 1.19. The number of anilines is 1. The summed E-state index contributed by atoms with van der Waals surface area (Å²) in [5, 5.41) is 10.9. The number of amides is 1. The second-order valence-corrected chi connectivity index (χ2v) is 8.91. The summed E-state index contributed by atoms with van der Waals surface area (Å²) in [4.78, 5) is 23.9. The highest BCUT2D eigenvalue weighted by Crippen LogP contribution is 2.29. The molecule has 0 aliphatic carbocycles. The van der Waals surface area contributed by atoms with E-state index in [0.29, 0.717) is 17.0 Å². The average molecular weight is 382 g/mol. The van der Waals surface area contributed by atoms with Crippen LogP contribution in [0, 0.1) is 5.92 Å². The van der Waals surface area contributed by atoms with Gasteiger partial charge in [0.1, 0.15) is 0 Å². The van der Waals surface area contributed by atoms with Crippen molar-refractivity contribution in [2.45, 2.75) is 29.5 Å². The van der Waals surface area contributed by atoms with E-state index in [4.69, 9.17) is 0 Å². The van der Waals surface area contributed by atoms with Crippen LogP contribution in [0.5, 0.6) is 0 Å². The molecule has 1 aromatic carbocycles. The number of hydrogen-bond donors (Lipinski definition) is 1. The molecule has 5 nitrogen and oxygen atoms in total. The highest BCUT2D eigenvalue weighted by Gasteiger charge is 2.11. The predicted octanol–water partition coefficient (Wildman–Crippen LogP) is 4.22. The van der Waals surface area contributed by atoms with Gasteiger partial charge in [0.25, 0.3) is 0 Å². The number of Topliss-reactive ketones (excluding diaryl/α,β-unsaturated/α-hetero) is 1. The molecule has 1 aromatic heterocycles. The lowest BCUT2D eigenvalue weighted by Crippen LogP contribution is -2.17. The molecule has 1 N–H and O–H groups in total. The van der Waals surface area contributed by atoms with E-state index in [2.05, 4.69) is 22.4 Å². The summed E-state index contributed by atoms with van der Waals surface area (Å²) < 4.78 is 1.73. The van der Waals surface area contributed by atoms with Gasteiger partial charge in [-0.3, -0.25) is 9.59 Å². The van der Waals surface area contributed by atoms with Crippen LogP contribution < -0.4 is 5.32 Å². The lowest BCUT2D eigenvalue weighted by molar-refractivity contribution is -0.118. The van der Waals surface area contributed by atoms with Crippen molar-refractivity contribution in [2.24, 2.45) is 5.92 Å². The summed E-state index contributed by atoms with van der Waals surface area (Å²) in [6.45, 7) is 5.74. The second kappa shape index (κ2) is 9.19. The van der Waals surface area contributed by atoms with Crippen LogP contribution in [0.15, 0.2) is 32.9 Å². The maximum absolute atomic E-state index is 12.2. The fraction of sp³-hybridized carbons (Fsp3) is 0.375. The molecular weight excluding hydrogens is 362 g/mol. The SMILES string of the molecule is CCSc1nnc(SCC(=O)c2ccc(NC(=O)C(C)C)cc2)s1. The third kappa shape index (κ3) is 5.61. The van der Waals surface area contributed by atoms with Gasteiger partial charge in [-0.25, -0.2) is 0 Å². The number of benzene rings is 1. The summed E-state index contributed by atoms with van der Waals surface area (Å²) in [7, 11) is 0. The molecule has 0 unspecified atom stereocenters. The molecule has 1 amide bonds. The van der Waals surface area contributed by atoms with E-state index in [1.165, 1.54) is 23.1 Å². The summed E-state index contributed by atoms with van der Waals surface area (Å²) >= 11 is 4.56. The van der Waals surface area contributed by atoms with Gasteiger partial charge in [0.05, 0.1) is 5.75 Å². The summed E-state index contributed by atoms with van der Waals surface area (Å²) in [5.41, 5.74) is 1.32. The van der Waals surface area contributed by atoms with Crippen LogP contribution in [-0.2, 0) is 4.79 Å². The number of rotatable bonds is 8. The molecule has 0 saturated heterocycles. The maximum atomic E-state index is 12.2. The second-order valence-electron chi connectivity index (χ2n) is 5.20. The molecule has 0 radical (unpaired) electrons. The Balaban J connectivity index is 1.88. The zero-order chi connectivity index (χ0) is 17.5. The molecule has 0 aliphatic rings. The zero-order valence-electron chi connectivity index (χ0n) is 13.7. The molecule has 0 saturated carbocycles. The molecular formula is C16H19N3O2S3. The van der Waals surface area contributed by atoms with Crippen LogP contribution in [-0.4, -0.2) is 33.4 Å². The highest BCUT2D eigenvalue weighted by atomic mass is 32.2. The Bertz CT molecular complexity index is 699. The van der Waals surface area contributed by atoms with E-state index in [1.807, 2.05) is 13.8 Å². The van der Waals surface area contributed by atoms with Gasteiger partial charge < -0.3 is 5.32 Å². The number of nitrogens with one attached hydrogen (secondary N) is 1. The smallest absolute Gasteiger partial charge is 0.226 e. The Kier molecular flexibility index (Phi) is 7.26. The number of thioether (sulfide) groups is 2. The van der Waals surface area contributed by atoms with Crippen LogP contribution in [0.25, 0.3) is 0 Å². The van der Waals surface area contributed by atoms with E-state index in [0.717, 1.165) is 14.4 Å². The monoisotopic (exact) mass is 381 g/mol. The normalized spacial score (nSPS) is 10.8. The first-order chi connectivity index (χ1) is 11.5. The van der Waals surface area contributed by atoms with E-state index >= 15 is 0 Å². The van der Waals surface area contributed by atoms with Crippen LogP contribution in [0.4, 0.5) is 5.69 Å². The minimum absolute atomic E-state index is 0.0293. The lowest BCUT2D eigenvalue weighted by atomic mass is 10.1. The lowest BCUT2D eigenvalue weighted by Gasteiger charge is -2.08. The van der Waals surface area contributed by atoms with Crippen molar-refractivity contribution in [3.8, 4) is 0 Å². The molecule has 0 spiro atoms. The Morgan fingerprint density at radius 1 is 1.12 bits per heavy atom. The van der Waals surface area contributed by atoms with Crippen molar-refractivity contribution in [1.29, 1.82) is 0 Å². The molecule has 8 heteroatoms. The first kappa shape index (κ1) is 19.0. The van der Waals surface area contributed by atoms with Gasteiger partial charge >= 0.3 is 0 Å². The third-order valence-electron chi connectivity index (χ3n) is 2.98. The molecule has 0 fully saturated rings. The Morgan fingerprint density at radius 3 is 2.33 bits per heavy atom. The molecule has 0 aliphatic heterocycles. The van der Waals surface area contributed by atoms with Gasteiger partial charge in [0.2, 0.25) is 5.91 Å². The molecule has 128 valence electrons. The van der Waals surface area contributed by atoms with Crippen LogP contribution in [0.1, 0.15) is 31.1 Å². The number of nitrogens with zero attached hydrogens (tertiary/aromatic N) is 2. The van der Waals surface area contributed by atoms with Crippen molar-refractivity contribution >= 4 is 52.2 Å². The molecule has 24 heavy (non-hydrogen) atoms. The van der Waals surface area contributed by atoms with Crippen molar-refractivity contribution in [3.63, 3.8) is 0 Å². The number of carbonyl (C=O) groups excluding carboxylic acids is 2. The third-order valence-corrected chi connectivity index (χ3v) is 6.05. The van der Waals surface area contributed by atoms with Gasteiger partial charge in [0, 0.05) is 17.2 Å². The number of carbonyl (C=O) groups is 2. The number of ketones is 1. The topological polar surface area (TPSA) is 72.0 Å². The van der Waals surface area contributed by atoms with Crippen molar-refractivity contribution < 1.29 is 9.59 Å². The van der Waals surface area contributed by atoms with Crippen molar-refractivity contribution in [1.82, 2.24) is 10.2 Å². The minimum Gasteiger partial charge on any atom is -0.326 e. The highest BCUT2D eigenvalue weighted by molar-refractivity contribution is 8.03. The summed E-state index contributed by atoms with van der Waals surface area (Å²) in [6, 6.07) is 6.97. The first-order valence-corrected chi connectivity index (χ1v) is 10.3. The molecule has 0 atom stereocenters. The maximum Gasteiger partial charge on any atom is 0.226 e. The fourth-order valence-electron chi connectivity index (χ4n) is 1.67. The summed E-state index contributed by atoms with van der Waals surface area (Å²) in [6.07, 6.45) is 0. The van der Waals surface area contributed by atoms with Crippen molar-refractivity contribution in [3.05, 3.63) is 29.8 Å². The van der Waals surface area contributed by atoms with Crippen LogP contribution >= 0.6 is 34.9 Å². The van der Waals surface area contributed by atoms with E-state index in [-0.39, 0.29) is 17.6 Å². The quantitative estimate of drug-likeness (QED) is 0.545. The minimum atomic E-state index is -0.0784. The first-order valence-electron chi connectivity index (χ1n) is 7.52. The Morgan fingerprint density at radius 2 is 1.75 bits per heavy atom. The molecule has 0 bridgehead atoms. The van der Waals surface area contributed by atoms with E-state index < -0.39 is 0 Å². The fourth-order valence-corrected chi connectivity index (χ4v) is 4.49. The van der Waals surface area contributed by atoms with Crippen LogP contribution in [0.2, 0.25) is 0 Å². The molecule has 2 aromatic rings. The van der Waals surface area contributed by atoms with Gasteiger partial charge in [0.15, 0.2) is 14.5 Å². The largest absolute Gasteiger partial charge is 0.326 e. The van der Waals surface area contributed by atoms with Crippen molar-refractivity contribution in [2.75, 3.05) is 16.8 Å². The molecule has 1 heterocycles. The average Bonchev–Trinajstić information content (AvgIpc) is 3.01. The number of aromatic nitrogens is 2. The van der Waals surface area contributed by atoms with Gasteiger partial charge in [-0.2, -0.15) is 0 Å². The van der Waals surface area contributed by atoms with Crippen LogP contribution in [0.3, 0.4) is 0 Å². The van der Waals surface area contributed by atoms with Gasteiger partial charge in [-0.05, 0) is 30.0 Å². The van der Waals surface area contributed by atoms with Gasteiger partial charge in [-0.1, -0.05) is 55.6 Å². The number of hydrogen-bond acceptors (Lipinski definition) is 7. The molecule has 2 rings (SSSR count). The van der Waals surface area contributed by atoms with Gasteiger partial charge in [-0.15, -0.1) is 10.2 Å².